The molecule has 1 aromatic rings. The summed E-state index contributed by atoms with van der Waals surface area (Å²) in [7, 11) is 6.31. The van der Waals surface area contributed by atoms with Gasteiger partial charge in [0.1, 0.15) is 0 Å². The average molecular weight is 406 g/mol. The van der Waals surface area contributed by atoms with Crippen LogP contribution in [-0.2, 0) is 0 Å². The molecule has 2 saturated heterocycles. The number of halogens is 1. The van der Waals surface area contributed by atoms with Crippen molar-refractivity contribution in [1.82, 2.24) is 20.4 Å². The molecule has 1 aromatic carbocycles. The Morgan fingerprint density at radius 3 is 2.68 bits per heavy atom. The van der Waals surface area contributed by atoms with Crippen molar-refractivity contribution in [3.05, 3.63) is 34.9 Å². The molecule has 2 aliphatic rings. The fraction of sp³-hybridized carbons (Fsp3) is 0.682. The van der Waals surface area contributed by atoms with Crippen molar-refractivity contribution in [2.45, 2.75) is 31.7 Å². The van der Waals surface area contributed by atoms with Crippen LogP contribution in [0.25, 0.3) is 0 Å². The van der Waals surface area contributed by atoms with E-state index in [1.54, 1.807) is 0 Å². The van der Waals surface area contributed by atoms with E-state index in [0.29, 0.717) is 17.9 Å². The maximum atomic E-state index is 6.27. The number of nitrogens with zero attached hydrogens (tertiary/aromatic N) is 3. The smallest absolute Gasteiger partial charge is 0.190 e. The van der Waals surface area contributed by atoms with Gasteiger partial charge in [-0.3, -0.25) is 9.89 Å². The Balaban J connectivity index is 1.55. The lowest BCUT2D eigenvalue weighted by atomic mass is 9.85. The van der Waals surface area contributed by atoms with Crippen LogP contribution >= 0.6 is 11.6 Å². The highest BCUT2D eigenvalue weighted by molar-refractivity contribution is 6.30. The molecule has 2 aliphatic heterocycles. The summed E-state index contributed by atoms with van der Waals surface area (Å²) < 4.78 is 0. The van der Waals surface area contributed by atoms with Crippen molar-refractivity contribution in [1.29, 1.82) is 0 Å². The van der Waals surface area contributed by atoms with Crippen LogP contribution in [-0.4, -0.2) is 69.6 Å². The Kier molecular flexibility index (Phi) is 8.00. The monoisotopic (exact) mass is 405 g/mol. The zero-order valence-electron chi connectivity index (χ0n) is 17.6. The van der Waals surface area contributed by atoms with E-state index in [1.165, 1.54) is 44.3 Å². The second-order valence-electron chi connectivity index (χ2n) is 8.49. The third-order valence-corrected chi connectivity index (χ3v) is 6.47. The van der Waals surface area contributed by atoms with Gasteiger partial charge in [-0.25, -0.2) is 0 Å². The van der Waals surface area contributed by atoms with Gasteiger partial charge in [-0.05, 0) is 82.4 Å². The predicted octanol–water partition coefficient (Wildman–Crippen LogP) is 3.23. The topological polar surface area (TPSA) is 42.9 Å². The van der Waals surface area contributed by atoms with E-state index in [0.717, 1.165) is 30.6 Å². The maximum Gasteiger partial charge on any atom is 0.190 e. The highest BCUT2D eigenvalue weighted by Gasteiger charge is 2.30. The van der Waals surface area contributed by atoms with E-state index >= 15 is 0 Å². The van der Waals surface area contributed by atoms with Crippen molar-refractivity contribution in [2.24, 2.45) is 16.8 Å². The normalized spacial score (nSPS) is 27.6. The van der Waals surface area contributed by atoms with Crippen LogP contribution in [0, 0.1) is 11.8 Å². The summed E-state index contributed by atoms with van der Waals surface area (Å²) in [5.74, 6) is 2.17. The minimum atomic E-state index is 0.394. The largest absolute Gasteiger partial charge is 0.356 e. The number of guanidine groups is 1. The lowest BCUT2D eigenvalue weighted by Crippen LogP contribution is -2.47. The molecule has 0 saturated carbocycles. The van der Waals surface area contributed by atoms with Crippen LogP contribution < -0.4 is 10.6 Å². The molecule has 2 heterocycles. The van der Waals surface area contributed by atoms with Crippen LogP contribution in [0.1, 0.15) is 37.3 Å². The second kappa shape index (κ2) is 10.5. The summed E-state index contributed by atoms with van der Waals surface area (Å²) in [5.41, 5.74) is 1.31. The molecule has 0 amide bonds. The quantitative estimate of drug-likeness (QED) is 0.583. The number of hydrogen-bond acceptors (Lipinski definition) is 3. The predicted molar refractivity (Wildman–Crippen MR) is 119 cm³/mol. The van der Waals surface area contributed by atoms with E-state index in [1.807, 2.05) is 13.1 Å². The number of hydrogen-bond donors (Lipinski definition) is 2. The Morgan fingerprint density at radius 2 is 1.93 bits per heavy atom. The van der Waals surface area contributed by atoms with Crippen LogP contribution in [0.3, 0.4) is 0 Å². The number of aliphatic imine (C=N–C) groups is 1. The fourth-order valence-electron chi connectivity index (χ4n) is 4.82. The molecule has 2 N–H and O–H groups in total. The van der Waals surface area contributed by atoms with Crippen LogP contribution in [0.4, 0.5) is 0 Å². The Labute approximate surface area is 175 Å². The molecule has 0 radical (unpaired) electrons. The molecule has 0 aliphatic carbocycles. The molecule has 28 heavy (non-hydrogen) atoms. The molecule has 0 aromatic heterocycles. The van der Waals surface area contributed by atoms with Gasteiger partial charge in [0, 0.05) is 37.7 Å². The van der Waals surface area contributed by atoms with Gasteiger partial charge in [-0.15, -0.1) is 0 Å². The van der Waals surface area contributed by atoms with Gasteiger partial charge in [0.15, 0.2) is 5.96 Å². The van der Waals surface area contributed by atoms with Crippen molar-refractivity contribution in [3.8, 4) is 0 Å². The van der Waals surface area contributed by atoms with Crippen molar-refractivity contribution >= 4 is 17.6 Å². The lowest BCUT2D eigenvalue weighted by molar-refractivity contribution is 0.122. The Morgan fingerprint density at radius 1 is 1.14 bits per heavy atom. The second-order valence-corrected chi connectivity index (χ2v) is 8.92. The number of nitrogens with one attached hydrogen (secondary N) is 2. The first-order valence-corrected chi connectivity index (χ1v) is 11.0. The zero-order chi connectivity index (χ0) is 19.9. The van der Waals surface area contributed by atoms with Gasteiger partial charge in [0.2, 0.25) is 0 Å². The van der Waals surface area contributed by atoms with Gasteiger partial charge in [0.05, 0.1) is 0 Å². The zero-order valence-corrected chi connectivity index (χ0v) is 18.4. The Bertz CT molecular complexity index is 650. The van der Waals surface area contributed by atoms with Crippen molar-refractivity contribution in [2.75, 3.05) is 53.9 Å². The van der Waals surface area contributed by atoms with E-state index < -0.39 is 0 Å². The van der Waals surface area contributed by atoms with Gasteiger partial charge in [0.25, 0.3) is 0 Å². The molecule has 0 bridgehead atoms. The molecule has 5 nitrogen and oxygen atoms in total. The van der Waals surface area contributed by atoms with Crippen molar-refractivity contribution < 1.29 is 0 Å². The number of rotatable bonds is 5. The lowest BCUT2D eigenvalue weighted by Gasteiger charge is -2.40. The first kappa shape index (κ1) is 21.4. The van der Waals surface area contributed by atoms with Gasteiger partial charge in [-0.2, -0.15) is 0 Å². The number of piperidine rings is 2. The van der Waals surface area contributed by atoms with Gasteiger partial charge in [-0.1, -0.05) is 23.7 Å². The molecule has 156 valence electrons. The molecular weight excluding hydrogens is 370 g/mol. The van der Waals surface area contributed by atoms with E-state index in [2.05, 4.69) is 57.7 Å². The SMILES string of the molecule is CN=C(NCC1CCCN(C)C1)NCC1CCCN(C)C1c1cccc(Cl)c1. The molecular formula is C22H36ClN5. The van der Waals surface area contributed by atoms with Crippen molar-refractivity contribution in [3.63, 3.8) is 0 Å². The number of likely N-dealkylation sites (tertiary alicyclic amines) is 2. The summed E-state index contributed by atoms with van der Waals surface area (Å²) in [6, 6.07) is 8.73. The molecule has 3 unspecified atom stereocenters. The Hall–Kier alpha value is -1.30. The minimum Gasteiger partial charge on any atom is -0.356 e. The summed E-state index contributed by atoms with van der Waals surface area (Å²) in [6.07, 6.45) is 5.06. The van der Waals surface area contributed by atoms with E-state index in [9.17, 15) is 0 Å². The van der Waals surface area contributed by atoms with E-state index in [-0.39, 0.29) is 0 Å². The van der Waals surface area contributed by atoms with E-state index in [4.69, 9.17) is 11.6 Å². The molecule has 0 spiro atoms. The van der Waals surface area contributed by atoms with Crippen LogP contribution in [0.5, 0.6) is 0 Å². The molecule has 3 atom stereocenters. The summed E-state index contributed by atoms with van der Waals surface area (Å²) in [5, 5.41) is 7.96. The maximum absolute atomic E-state index is 6.27. The first-order chi connectivity index (χ1) is 13.6. The first-order valence-electron chi connectivity index (χ1n) is 10.7. The highest BCUT2D eigenvalue weighted by atomic mass is 35.5. The van der Waals surface area contributed by atoms with Gasteiger partial charge < -0.3 is 15.5 Å². The molecule has 6 heteroatoms. The van der Waals surface area contributed by atoms with Crippen LogP contribution in [0.2, 0.25) is 5.02 Å². The average Bonchev–Trinajstić information content (AvgIpc) is 2.68. The van der Waals surface area contributed by atoms with Gasteiger partial charge >= 0.3 is 0 Å². The highest BCUT2D eigenvalue weighted by Crippen LogP contribution is 2.35. The minimum absolute atomic E-state index is 0.394. The summed E-state index contributed by atoms with van der Waals surface area (Å²) in [4.78, 5) is 9.35. The standard InChI is InChI=1S/C22H36ClN5/c1-24-22(25-14-17-7-5-11-27(2)16-17)26-15-19-9-6-12-28(3)21(19)18-8-4-10-20(23)13-18/h4,8,10,13,17,19,21H,5-7,9,11-12,14-16H2,1-3H3,(H2,24,25,26). The molecule has 3 rings (SSSR count). The third kappa shape index (κ3) is 5.85. The fourth-order valence-corrected chi connectivity index (χ4v) is 5.02. The number of benzene rings is 1. The summed E-state index contributed by atoms with van der Waals surface area (Å²) in [6.45, 7) is 5.45. The summed E-state index contributed by atoms with van der Waals surface area (Å²) >= 11 is 6.27. The third-order valence-electron chi connectivity index (χ3n) is 6.23. The molecule has 2 fully saturated rings. The van der Waals surface area contributed by atoms with Crippen LogP contribution in [0.15, 0.2) is 29.3 Å².